The zero-order valence-electron chi connectivity index (χ0n) is 19.0. The lowest BCUT2D eigenvalue weighted by Crippen LogP contribution is -2.18. The molecule has 176 valence electrons. The van der Waals surface area contributed by atoms with Crippen LogP contribution in [0.1, 0.15) is 24.0 Å². The van der Waals surface area contributed by atoms with Crippen molar-refractivity contribution in [3.8, 4) is 22.8 Å². The second kappa shape index (κ2) is 10.1. The highest BCUT2D eigenvalue weighted by Gasteiger charge is 2.23. The fourth-order valence-electron chi connectivity index (χ4n) is 3.79. The number of hydrogen-bond acceptors (Lipinski definition) is 8. The Labute approximate surface area is 205 Å². The molecule has 1 fully saturated rings. The first-order valence-electron chi connectivity index (χ1n) is 11.1. The molecular weight excluding hydrogens is 470 g/mol. The summed E-state index contributed by atoms with van der Waals surface area (Å²) in [4.78, 5) is 17.2. The zero-order chi connectivity index (χ0) is 23.5. The van der Waals surface area contributed by atoms with Gasteiger partial charge in [0.15, 0.2) is 16.0 Å². The lowest BCUT2D eigenvalue weighted by molar-refractivity contribution is -0.113. The normalized spacial score (nSPS) is 15.6. The molecule has 34 heavy (non-hydrogen) atoms. The van der Waals surface area contributed by atoms with Crippen molar-refractivity contribution in [1.29, 1.82) is 0 Å². The maximum Gasteiger partial charge on any atom is 0.236 e. The number of nitrogens with one attached hydrogen (secondary N) is 1. The number of rotatable bonds is 8. The van der Waals surface area contributed by atoms with E-state index in [9.17, 15) is 4.79 Å². The van der Waals surface area contributed by atoms with E-state index in [1.807, 2.05) is 22.1 Å². The molecular formula is C24H25N5O3S2. The highest BCUT2D eigenvalue weighted by atomic mass is 32.2. The van der Waals surface area contributed by atoms with E-state index in [1.54, 1.807) is 6.26 Å². The van der Waals surface area contributed by atoms with Gasteiger partial charge in [-0.05, 0) is 56.0 Å². The Bertz CT molecular complexity index is 1280. The second-order valence-corrected chi connectivity index (χ2v) is 10.0. The van der Waals surface area contributed by atoms with Crippen molar-refractivity contribution in [2.24, 2.45) is 0 Å². The van der Waals surface area contributed by atoms with Gasteiger partial charge < -0.3 is 14.5 Å². The lowest BCUT2D eigenvalue weighted by atomic mass is 10.1. The molecule has 0 saturated carbocycles. The Kier molecular flexibility index (Phi) is 6.80. The van der Waals surface area contributed by atoms with Crippen LogP contribution in [0.5, 0.6) is 0 Å². The quantitative estimate of drug-likeness (QED) is 0.336. The van der Waals surface area contributed by atoms with E-state index in [-0.39, 0.29) is 17.8 Å². The summed E-state index contributed by atoms with van der Waals surface area (Å²) in [6.07, 6.45) is 3.76. The van der Waals surface area contributed by atoms with Crippen molar-refractivity contribution in [2.75, 3.05) is 17.7 Å². The van der Waals surface area contributed by atoms with Gasteiger partial charge in [-0.3, -0.25) is 9.36 Å². The van der Waals surface area contributed by atoms with Crippen LogP contribution in [-0.2, 0) is 16.1 Å². The predicted octanol–water partition coefficient (Wildman–Crippen LogP) is 5.19. The van der Waals surface area contributed by atoms with Crippen LogP contribution in [0.2, 0.25) is 0 Å². The average Bonchev–Trinajstić information content (AvgIpc) is 3.63. The maximum absolute atomic E-state index is 12.7. The number of benzene rings is 1. The summed E-state index contributed by atoms with van der Waals surface area (Å²) in [6, 6.07) is 9.93. The van der Waals surface area contributed by atoms with Crippen LogP contribution in [0.15, 0.2) is 51.5 Å². The second-order valence-electron chi connectivity index (χ2n) is 8.20. The van der Waals surface area contributed by atoms with Gasteiger partial charge in [-0.2, -0.15) is 0 Å². The van der Waals surface area contributed by atoms with Gasteiger partial charge in [0.2, 0.25) is 11.7 Å². The van der Waals surface area contributed by atoms with E-state index in [0.717, 1.165) is 30.7 Å². The summed E-state index contributed by atoms with van der Waals surface area (Å²) < 4.78 is 13.3. The molecule has 3 aromatic heterocycles. The third-order valence-electron chi connectivity index (χ3n) is 5.75. The minimum absolute atomic E-state index is 0.108. The monoisotopic (exact) mass is 495 g/mol. The molecule has 1 aliphatic rings. The number of thioether (sulfide) groups is 1. The van der Waals surface area contributed by atoms with Crippen molar-refractivity contribution < 1.29 is 13.9 Å². The molecule has 4 heterocycles. The molecule has 10 heteroatoms. The van der Waals surface area contributed by atoms with Crippen molar-refractivity contribution in [3.63, 3.8) is 0 Å². The van der Waals surface area contributed by atoms with Crippen molar-refractivity contribution in [2.45, 2.75) is 44.5 Å². The predicted molar refractivity (Wildman–Crippen MR) is 133 cm³/mol. The van der Waals surface area contributed by atoms with Crippen LogP contribution in [-0.4, -0.2) is 44.1 Å². The highest BCUT2D eigenvalue weighted by Crippen LogP contribution is 2.29. The van der Waals surface area contributed by atoms with E-state index >= 15 is 0 Å². The van der Waals surface area contributed by atoms with Crippen LogP contribution in [0.4, 0.5) is 5.13 Å². The molecule has 0 bridgehead atoms. The molecule has 0 radical (unpaired) electrons. The molecule has 5 rings (SSSR count). The fraction of sp³-hybridized carbons (Fsp3) is 0.333. The van der Waals surface area contributed by atoms with Gasteiger partial charge in [0.25, 0.3) is 0 Å². The Hall–Kier alpha value is -2.95. The van der Waals surface area contributed by atoms with E-state index in [1.165, 1.54) is 34.2 Å². The van der Waals surface area contributed by atoms with Gasteiger partial charge in [-0.25, -0.2) is 4.98 Å². The van der Waals surface area contributed by atoms with Crippen molar-refractivity contribution in [3.05, 3.63) is 53.1 Å². The SMILES string of the molecule is Cc1ccc(-c2csc(NC(=O)CSc3nnc(-c4ccco4)n3C[C@H]3CCCO3)n2)cc1C. The summed E-state index contributed by atoms with van der Waals surface area (Å²) in [7, 11) is 0. The number of aryl methyl sites for hydroxylation is 2. The first-order valence-corrected chi connectivity index (χ1v) is 13.0. The van der Waals surface area contributed by atoms with E-state index in [4.69, 9.17) is 9.15 Å². The smallest absolute Gasteiger partial charge is 0.236 e. The summed E-state index contributed by atoms with van der Waals surface area (Å²) >= 11 is 2.76. The fourth-order valence-corrected chi connectivity index (χ4v) is 5.27. The molecule has 4 aromatic rings. The number of thiazole rings is 1. The number of ether oxygens (including phenoxy) is 1. The van der Waals surface area contributed by atoms with Gasteiger partial charge in [0, 0.05) is 17.6 Å². The third-order valence-corrected chi connectivity index (χ3v) is 7.48. The molecule has 1 amide bonds. The molecule has 0 spiro atoms. The molecule has 1 atom stereocenters. The molecule has 0 aliphatic carbocycles. The third kappa shape index (κ3) is 5.08. The molecule has 8 nitrogen and oxygen atoms in total. The van der Waals surface area contributed by atoms with Crippen LogP contribution in [0.25, 0.3) is 22.8 Å². The summed E-state index contributed by atoms with van der Waals surface area (Å²) in [6.45, 7) is 5.56. The summed E-state index contributed by atoms with van der Waals surface area (Å²) in [5.74, 6) is 1.34. The number of nitrogens with zero attached hydrogens (tertiary/aromatic N) is 4. The van der Waals surface area contributed by atoms with Crippen LogP contribution < -0.4 is 5.32 Å². The largest absolute Gasteiger partial charge is 0.461 e. The topological polar surface area (TPSA) is 95.1 Å². The summed E-state index contributed by atoms with van der Waals surface area (Å²) in [5.41, 5.74) is 4.36. The minimum Gasteiger partial charge on any atom is -0.461 e. The maximum atomic E-state index is 12.7. The highest BCUT2D eigenvalue weighted by molar-refractivity contribution is 7.99. The van der Waals surface area contributed by atoms with E-state index in [2.05, 4.69) is 52.5 Å². The van der Waals surface area contributed by atoms with Crippen molar-refractivity contribution >= 4 is 34.1 Å². The molecule has 0 unspecified atom stereocenters. The molecule has 1 N–H and O–H groups in total. The Morgan fingerprint density at radius 1 is 1.26 bits per heavy atom. The van der Waals surface area contributed by atoms with Crippen LogP contribution in [0.3, 0.4) is 0 Å². The molecule has 1 saturated heterocycles. The number of carbonyl (C=O) groups is 1. The summed E-state index contributed by atoms with van der Waals surface area (Å²) in [5, 5.41) is 14.7. The number of hydrogen-bond donors (Lipinski definition) is 1. The Morgan fingerprint density at radius 3 is 2.94 bits per heavy atom. The number of anilines is 1. The van der Waals surface area contributed by atoms with Gasteiger partial charge in [0.1, 0.15) is 0 Å². The van der Waals surface area contributed by atoms with Gasteiger partial charge in [0.05, 0.1) is 30.4 Å². The minimum atomic E-state index is -0.141. The Morgan fingerprint density at radius 2 is 2.18 bits per heavy atom. The molecule has 1 aliphatic heterocycles. The zero-order valence-corrected chi connectivity index (χ0v) is 20.6. The number of carbonyl (C=O) groups excluding carboxylic acids is 1. The van der Waals surface area contributed by atoms with E-state index < -0.39 is 0 Å². The number of amides is 1. The Balaban J connectivity index is 1.25. The van der Waals surface area contributed by atoms with Gasteiger partial charge in [-0.1, -0.05) is 23.9 Å². The van der Waals surface area contributed by atoms with Crippen LogP contribution in [0, 0.1) is 13.8 Å². The van der Waals surface area contributed by atoms with Gasteiger partial charge in [-0.15, -0.1) is 21.5 Å². The molecule has 1 aromatic carbocycles. The lowest BCUT2D eigenvalue weighted by Gasteiger charge is -2.13. The van der Waals surface area contributed by atoms with Crippen molar-refractivity contribution in [1.82, 2.24) is 19.7 Å². The van der Waals surface area contributed by atoms with E-state index in [0.29, 0.717) is 28.4 Å². The first kappa shape index (κ1) is 22.8. The average molecular weight is 496 g/mol. The number of furan rings is 1. The number of aromatic nitrogens is 4. The van der Waals surface area contributed by atoms with Crippen LogP contribution >= 0.6 is 23.1 Å². The van der Waals surface area contributed by atoms with Gasteiger partial charge >= 0.3 is 0 Å². The first-order chi connectivity index (χ1) is 16.6. The standard InChI is InChI=1S/C24H25N5O3S2/c1-15-7-8-17(11-16(15)2)19-13-33-23(25-19)26-21(30)14-34-24-28-27-22(20-6-4-10-32-20)29(24)12-18-5-3-9-31-18/h4,6-8,10-11,13,18H,3,5,9,12,14H2,1-2H3,(H,25,26,30)/t18-/m1/s1.